The summed E-state index contributed by atoms with van der Waals surface area (Å²) in [7, 11) is 0. The Morgan fingerprint density at radius 2 is 2.18 bits per heavy atom. The second-order valence-electron chi connectivity index (χ2n) is 5.10. The molecule has 1 aromatic rings. The van der Waals surface area contributed by atoms with Crippen LogP contribution in [0.1, 0.15) is 44.0 Å². The van der Waals surface area contributed by atoms with E-state index in [0.717, 1.165) is 12.8 Å². The van der Waals surface area contributed by atoms with Gasteiger partial charge in [-0.05, 0) is 40.2 Å². The fourth-order valence-corrected chi connectivity index (χ4v) is 1.38. The molecule has 0 radical (unpaired) electrons. The Bertz CT molecular complexity index is 365. The third kappa shape index (κ3) is 4.19. The molecule has 0 saturated carbocycles. The van der Waals surface area contributed by atoms with Gasteiger partial charge in [-0.15, -0.1) is 0 Å². The van der Waals surface area contributed by atoms with E-state index < -0.39 is 0 Å². The largest absolute Gasteiger partial charge is 0.352 e. The molecule has 3 N–H and O–H groups in total. The topological polar surface area (TPSA) is 72.9 Å². The van der Waals surface area contributed by atoms with Crippen LogP contribution in [-0.4, -0.2) is 28.8 Å². The van der Waals surface area contributed by atoms with E-state index in [1.807, 2.05) is 20.8 Å². The van der Waals surface area contributed by atoms with Crippen LogP contribution in [-0.2, 0) is 5.54 Å². The first-order chi connectivity index (χ1) is 7.95. The van der Waals surface area contributed by atoms with E-state index in [-0.39, 0.29) is 11.4 Å². The molecule has 5 nitrogen and oxygen atoms in total. The Labute approximate surface area is 102 Å². The number of carbonyl (C=O) groups is 1. The third-order valence-electron chi connectivity index (χ3n) is 2.45. The number of unbranched alkanes of at least 4 members (excludes halogenated alkanes) is 1. The standard InChI is InChI=1S/C12H22N4O/c1-12(2,3)16-9-10(8-15-16)11(17)14-7-5-4-6-13/h8-9H,4-7,13H2,1-3H3,(H,14,17). The fraction of sp³-hybridized carbons (Fsp3) is 0.667. The molecule has 0 aliphatic rings. The summed E-state index contributed by atoms with van der Waals surface area (Å²) in [6.45, 7) is 7.46. The predicted molar refractivity (Wildman–Crippen MR) is 67.8 cm³/mol. The van der Waals surface area contributed by atoms with Crippen molar-refractivity contribution in [1.82, 2.24) is 15.1 Å². The summed E-state index contributed by atoms with van der Waals surface area (Å²) >= 11 is 0. The summed E-state index contributed by atoms with van der Waals surface area (Å²) in [5.41, 5.74) is 5.89. The molecule has 1 heterocycles. The number of nitrogens with zero attached hydrogens (tertiary/aromatic N) is 2. The zero-order valence-corrected chi connectivity index (χ0v) is 10.9. The van der Waals surface area contributed by atoms with Crippen LogP contribution in [0.3, 0.4) is 0 Å². The second-order valence-corrected chi connectivity index (χ2v) is 5.10. The molecule has 0 aliphatic heterocycles. The van der Waals surface area contributed by atoms with E-state index in [2.05, 4.69) is 10.4 Å². The minimum Gasteiger partial charge on any atom is -0.352 e. The van der Waals surface area contributed by atoms with Crippen LogP contribution in [0.5, 0.6) is 0 Å². The van der Waals surface area contributed by atoms with Gasteiger partial charge in [0, 0.05) is 12.7 Å². The summed E-state index contributed by atoms with van der Waals surface area (Å²) in [4.78, 5) is 11.8. The zero-order valence-electron chi connectivity index (χ0n) is 10.9. The second kappa shape index (κ2) is 5.82. The summed E-state index contributed by atoms with van der Waals surface area (Å²) in [5, 5.41) is 7.04. The molecule has 0 saturated heterocycles. The molecule has 0 bridgehead atoms. The van der Waals surface area contributed by atoms with Crippen LogP contribution < -0.4 is 11.1 Å². The highest BCUT2D eigenvalue weighted by atomic mass is 16.1. The van der Waals surface area contributed by atoms with Crippen molar-refractivity contribution in [3.8, 4) is 0 Å². The first-order valence-corrected chi connectivity index (χ1v) is 5.98. The minimum atomic E-state index is -0.0991. The molecule has 1 aromatic heterocycles. The first kappa shape index (κ1) is 13.7. The molecule has 96 valence electrons. The van der Waals surface area contributed by atoms with Gasteiger partial charge in [0.1, 0.15) is 0 Å². The van der Waals surface area contributed by atoms with Gasteiger partial charge < -0.3 is 11.1 Å². The van der Waals surface area contributed by atoms with Crippen LogP contribution in [0.15, 0.2) is 12.4 Å². The molecule has 1 amide bonds. The van der Waals surface area contributed by atoms with Gasteiger partial charge in [-0.25, -0.2) is 0 Å². The van der Waals surface area contributed by atoms with Crippen molar-refractivity contribution in [1.29, 1.82) is 0 Å². The Morgan fingerprint density at radius 3 is 2.71 bits per heavy atom. The Morgan fingerprint density at radius 1 is 1.47 bits per heavy atom. The average Bonchev–Trinajstić information content (AvgIpc) is 2.72. The van der Waals surface area contributed by atoms with Crippen LogP contribution in [0.25, 0.3) is 0 Å². The maximum Gasteiger partial charge on any atom is 0.254 e. The lowest BCUT2D eigenvalue weighted by atomic mass is 10.1. The lowest BCUT2D eigenvalue weighted by Gasteiger charge is -2.18. The van der Waals surface area contributed by atoms with Crippen molar-refractivity contribution >= 4 is 5.91 Å². The smallest absolute Gasteiger partial charge is 0.254 e. The molecule has 0 unspecified atom stereocenters. The highest BCUT2D eigenvalue weighted by Gasteiger charge is 2.16. The van der Waals surface area contributed by atoms with Crippen LogP contribution in [0, 0.1) is 0 Å². The van der Waals surface area contributed by atoms with Crippen molar-refractivity contribution in [2.75, 3.05) is 13.1 Å². The molecule has 0 fully saturated rings. The normalized spacial score (nSPS) is 11.5. The number of hydrogen-bond donors (Lipinski definition) is 2. The van der Waals surface area contributed by atoms with Crippen molar-refractivity contribution in [2.45, 2.75) is 39.2 Å². The lowest BCUT2D eigenvalue weighted by Crippen LogP contribution is -2.25. The van der Waals surface area contributed by atoms with Crippen molar-refractivity contribution in [2.24, 2.45) is 5.73 Å². The quantitative estimate of drug-likeness (QED) is 0.755. The van der Waals surface area contributed by atoms with Crippen molar-refractivity contribution in [3.63, 3.8) is 0 Å². The van der Waals surface area contributed by atoms with Gasteiger partial charge in [0.15, 0.2) is 0 Å². The Balaban J connectivity index is 2.50. The minimum absolute atomic E-state index is 0.0717. The van der Waals surface area contributed by atoms with E-state index >= 15 is 0 Å². The van der Waals surface area contributed by atoms with Gasteiger partial charge in [-0.1, -0.05) is 0 Å². The molecular formula is C12H22N4O. The first-order valence-electron chi connectivity index (χ1n) is 5.98. The average molecular weight is 238 g/mol. The SMILES string of the molecule is CC(C)(C)n1cc(C(=O)NCCCCN)cn1. The molecule has 0 aliphatic carbocycles. The number of carbonyl (C=O) groups excluding carboxylic acids is 1. The molecule has 0 aromatic carbocycles. The monoisotopic (exact) mass is 238 g/mol. The van der Waals surface area contributed by atoms with Gasteiger partial charge >= 0.3 is 0 Å². The number of aromatic nitrogens is 2. The summed E-state index contributed by atoms with van der Waals surface area (Å²) in [5.74, 6) is -0.0717. The molecule has 1 rings (SSSR count). The molecule has 0 spiro atoms. The number of amides is 1. The van der Waals surface area contributed by atoms with Gasteiger partial charge in [0.2, 0.25) is 0 Å². The predicted octanol–water partition coefficient (Wildman–Crippen LogP) is 1.11. The van der Waals surface area contributed by atoms with Crippen molar-refractivity contribution in [3.05, 3.63) is 18.0 Å². The highest BCUT2D eigenvalue weighted by molar-refractivity contribution is 5.93. The van der Waals surface area contributed by atoms with Gasteiger partial charge in [0.05, 0.1) is 17.3 Å². The maximum absolute atomic E-state index is 11.8. The maximum atomic E-state index is 11.8. The van der Waals surface area contributed by atoms with E-state index in [0.29, 0.717) is 18.7 Å². The van der Waals surface area contributed by atoms with Crippen LogP contribution in [0.4, 0.5) is 0 Å². The summed E-state index contributed by atoms with van der Waals surface area (Å²) < 4.78 is 1.79. The number of rotatable bonds is 5. The van der Waals surface area contributed by atoms with E-state index in [9.17, 15) is 4.79 Å². The Hall–Kier alpha value is -1.36. The summed E-state index contributed by atoms with van der Waals surface area (Å²) in [6, 6.07) is 0. The molecular weight excluding hydrogens is 216 g/mol. The van der Waals surface area contributed by atoms with Gasteiger partial charge in [-0.2, -0.15) is 5.10 Å². The number of nitrogens with one attached hydrogen (secondary N) is 1. The van der Waals surface area contributed by atoms with E-state index in [4.69, 9.17) is 5.73 Å². The molecule has 17 heavy (non-hydrogen) atoms. The van der Waals surface area contributed by atoms with E-state index in [1.54, 1.807) is 17.1 Å². The lowest BCUT2D eigenvalue weighted by molar-refractivity contribution is 0.0953. The third-order valence-corrected chi connectivity index (χ3v) is 2.45. The van der Waals surface area contributed by atoms with E-state index in [1.165, 1.54) is 0 Å². The van der Waals surface area contributed by atoms with Gasteiger partial charge in [0.25, 0.3) is 5.91 Å². The summed E-state index contributed by atoms with van der Waals surface area (Å²) in [6.07, 6.45) is 5.22. The fourth-order valence-electron chi connectivity index (χ4n) is 1.38. The van der Waals surface area contributed by atoms with Crippen LogP contribution >= 0.6 is 0 Å². The molecule has 5 heteroatoms. The molecule has 0 atom stereocenters. The zero-order chi connectivity index (χ0) is 12.9. The van der Waals surface area contributed by atoms with Crippen molar-refractivity contribution < 1.29 is 4.79 Å². The van der Waals surface area contributed by atoms with Gasteiger partial charge in [-0.3, -0.25) is 9.48 Å². The van der Waals surface area contributed by atoms with Crippen LogP contribution in [0.2, 0.25) is 0 Å². The Kier molecular flexibility index (Phi) is 4.69. The number of hydrogen-bond acceptors (Lipinski definition) is 3. The number of nitrogens with two attached hydrogens (primary N) is 1. The highest BCUT2D eigenvalue weighted by Crippen LogP contribution is 2.12.